The molecule has 2 amide bonds. The van der Waals surface area contributed by atoms with Crippen LogP contribution in [0.25, 0.3) is 10.1 Å². The van der Waals surface area contributed by atoms with Gasteiger partial charge in [-0.15, -0.1) is 23.1 Å². The van der Waals surface area contributed by atoms with Crippen molar-refractivity contribution >= 4 is 50.7 Å². The third-order valence-electron chi connectivity index (χ3n) is 3.58. The molecule has 1 aromatic heterocycles. The smallest absolute Gasteiger partial charge is 0.234 e. The van der Waals surface area contributed by atoms with E-state index in [1.165, 1.54) is 59.5 Å². The zero-order valence-electron chi connectivity index (χ0n) is 14.1. The molecular weight excluding hydrogens is 390 g/mol. The van der Waals surface area contributed by atoms with Gasteiger partial charge in [0.05, 0.1) is 18.1 Å². The fraction of sp³-hybridized carbons (Fsp3) is 0.158. The molecule has 0 aliphatic carbocycles. The number of fused-ring (bicyclic) bond motifs is 1. The van der Waals surface area contributed by atoms with Crippen molar-refractivity contribution in [2.24, 2.45) is 0 Å². The zero-order chi connectivity index (χ0) is 19.2. The molecule has 0 aliphatic heterocycles. The van der Waals surface area contributed by atoms with Crippen LogP contribution in [0.4, 0.5) is 14.5 Å². The highest BCUT2D eigenvalue weighted by molar-refractivity contribution is 8.00. The Morgan fingerprint density at radius 1 is 0.926 bits per heavy atom. The maximum absolute atomic E-state index is 13.2. The van der Waals surface area contributed by atoms with Crippen LogP contribution in [-0.4, -0.2) is 23.3 Å². The predicted molar refractivity (Wildman–Crippen MR) is 106 cm³/mol. The van der Waals surface area contributed by atoms with E-state index in [0.717, 1.165) is 15.0 Å². The van der Waals surface area contributed by atoms with E-state index in [1.807, 2.05) is 6.07 Å². The number of hydrogen-bond acceptors (Lipinski definition) is 4. The Labute approximate surface area is 163 Å². The van der Waals surface area contributed by atoms with Crippen LogP contribution in [0.5, 0.6) is 0 Å². The molecule has 4 nitrogen and oxygen atoms in total. The molecule has 2 aromatic carbocycles. The lowest BCUT2D eigenvalue weighted by atomic mass is 10.2. The average Bonchev–Trinajstić information content (AvgIpc) is 3.04. The quantitative estimate of drug-likeness (QED) is 0.619. The third-order valence-corrected chi connectivity index (χ3v) is 5.63. The number of anilines is 1. The fourth-order valence-corrected chi connectivity index (χ4v) is 3.99. The summed E-state index contributed by atoms with van der Waals surface area (Å²) in [6.07, 6.45) is 0. The number of amides is 2. The number of halogens is 2. The Morgan fingerprint density at radius 2 is 1.63 bits per heavy atom. The second kappa shape index (κ2) is 8.96. The number of thioether (sulfide) groups is 1. The van der Waals surface area contributed by atoms with Crippen LogP contribution in [0.3, 0.4) is 0 Å². The maximum atomic E-state index is 13.2. The molecule has 2 N–H and O–H groups in total. The molecule has 0 aliphatic rings. The van der Waals surface area contributed by atoms with E-state index in [0.29, 0.717) is 12.2 Å². The summed E-state index contributed by atoms with van der Waals surface area (Å²) in [5.74, 6) is -0.832. The molecule has 140 valence electrons. The Balaban J connectivity index is 1.38. The SMILES string of the molecule is O=C(CSCC(=O)Nc1ccc(F)cc1)NCc1cc2cc(F)ccc2s1. The molecule has 27 heavy (non-hydrogen) atoms. The first-order valence-corrected chi connectivity index (χ1v) is 10.0. The lowest BCUT2D eigenvalue weighted by Gasteiger charge is -2.05. The van der Waals surface area contributed by atoms with Crippen molar-refractivity contribution in [2.45, 2.75) is 6.54 Å². The minimum absolute atomic E-state index is 0.118. The van der Waals surface area contributed by atoms with Crippen LogP contribution in [-0.2, 0) is 16.1 Å². The number of rotatable bonds is 7. The lowest BCUT2D eigenvalue weighted by Crippen LogP contribution is -2.25. The zero-order valence-corrected chi connectivity index (χ0v) is 15.8. The van der Waals surface area contributed by atoms with Crippen LogP contribution in [0.1, 0.15) is 4.88 Å². The molecule has 3 rings (SSSR count). The summed E-state index contributed by atoms with van der Waals surface area (Å²) in [6.45, 7) is 0.363. The molecule has 0 spiro atoms. The molecule has 1 heterocycles. The van der Waals surface area contributed by atoms with Crippen molar-refractivity contribution in [1.29, 1.82) is 0 Å². The van der Waals surface area contributed by atoms with Gasteiger partial charge >= 0.3 is 0 Å². The number of hydrogen-bond donors (Lipinski definition) is 2. The Kier molecular flexibility index (Phi) is 6.41. The molecule has 0 fully saturated rings. The van der Waals surface area contributed by atoms with Gasteiger partial charge in [0.1, 0.15) is 11.6 Å². The summed E-state index contributed by atoms with van der Waals surface area (Å²) in [6, 6.07) is 11.9. The second-order valence-corrected chi connectivity index (χ2v) is 7.87. The lowest BCUT2D eigenvalue weighted by molar-refractivity contribution is -0.118. The van der Waals surface area contributed by atoms with Crippen molar-refractivity contribution in [2.75, 3.05) is 16.8 Å². The van der Waals surface area contributed by atoms with E-state index in [9.17, 15) is 18.4 Å². The third kappa shape index (κ3) is 5.77. The van der Waals surface area contributed by atoms with Crippen molar-refractivity contribution in [3.05, 3.63) is 65.0 Å². The van der Waals surface area contributed by atoms with Crippen LogP contribution >= 0.6 is 23.1 Å². The maximum Gasteiger partial charge on any atom is 0.234 e. The fourth-order valence-electron chi connectivity index (χ4n) is 2.36. The number of carbonyl (C=O) groups is 2. The molecule has 0 bridgehead atoms. The largest absolute Gasteiger partial charge is 0.350 e. The molecule has 0 atom stereocenters. The minimum atomic E-state index is -0.372. The highest BCUT2D eigenvalue weighted by Crippen LogP contribution is 2.26. The van der Waals surface area contributed by atoms with Gasteiger partial charge in [0.15, 0.2) is 0 Å². The van der Waals surface area contributed by atoms with Crippen LogP contribution in [0.2, 0.25) is 0 Å². The summed E-state index contributed by atoms with van der Waals surface area (Å²) in [4.78, 5) is 24.6. The van der Waals surface area contributed by atoms with E-state index >= 15 is 0 Å². The first-order chi connectivity index (χ1) is 13.0. The highest BCUT2D eigenvalue weighted by atomic mass is 32.2. The van der Waals surface area contributed by atoms with Gasteiger partial charge < -0.3 is 10.6 Å². The normalized spacial score (nSPS) is 10.7. The Bertz CT molecular complexity index is 958. The molecule has 3 aromatic rings. The van der Waals surface area contributed by atoms with Gasteiger partial charge in [0.2, 0.25) is 11.8 Å². The van der Waals surface area contributed by atoms with Crippen molar-refractivity contribution in [1.82, 2.24) is 5.32 Å². The highest BCUT2D eigenvalue weighted by Gasteiger charge is 2.08. The summed E-state index contributed by atoms with van der Waals surface area (Å²) >= 11 is 2.69. The standard InChI is InChI=1S/C19H16F2N2O2S2/c20-13-1-4-15(5-2-13)23-19(25)11-26-10-18(24)22-9-16-8-12-7-14(21)3-6-17(12)27-16/h1-8H,9-11H2,(H,22,24)(H,23,25). The van der Waals surface area contributed by atoms with Crippen LogP contribution < -0.4 is 10.6 Å². The minimum Gasteiger partial charge on any atom is -0.350 e. The molecule has 0 saturated heterocycles. The number of carbonyl (C=O) groups excluding carboxylic acids is 2. The summed E-state index contributed by atoms with van der Waals surface area (Å²) in [7, 11) is 0. The van der Waals surface area contributed by atoms with Gasteiger partial charge in [0.25, 0.3) is 0 Å². The summed E-state index contributed by atoms with van der Waals surface area (Å²) in [5.41, 5.74) is 0.507. The molecule has 8 heteroatoms. The molecule has 0 unspecified atom stereocenters. The van der Waals surface area contributed by atoms with Gasteiger partial charge in [-0.1, -0.05) is 0 Å². The molecular formula is C19H16F2N2O2S2. The van der Waals surface area contributed by atoms with E-state index < -0.39 is 0 Å². The summed E-state index contributed by atoms with van der Waals surface area (Å²) in [5, 5.41) is 6.24. The molecule has 0 radical (unpaired) electrons. The van der Waals surface area contributed by atoms with Gasteiger partial charge in [-0.2, -0.15) is 0 Å². The van der Waals surface area contributed by atoms with E-state index in [1.54, 1.807) is 6.07 Å². The van der Waals surface area contributed by atoms with Gasteiger partial charge in [0, 0.05) is 15.3 Å². The Morgan fingerprint density at radius 3 is 2.41 bits per heavy atom. The summed E-state index contributed by atoms with van der Waals surface area (Å²) < 4.78 is 27.0. The van der Waals surface area contributed by atoms with Crippen molar-refractivity contribution in [3.8, 4) is 0 Å². The van der Waals surface area contributed by atoms with Gasteiger partial charge in [-0.3, -0.25) is 9.59 Å². The van der Waals surface area contributed by atoms with Crippen LogP contribution in [0.15, 0.2) is 48.5 Å². The van der Waals surface area contributed by atoms with Gasteiger partial charge in [-0.25, -0.2) is 8.78 Å². The van der Waals surface area contributed by atoms with E-state index in [2.05, 4.69) is 10.6 Å². The topological polar surface area (TPSA) is 58.2 Å². The number of thiophene rings is 1. The second-order valence-electron chi connectivity index (χ2n) is 5.72. The number of benzene rings is 2. The monoisotopic (exact) mass is 406 g/mol. The van der Waals surface area contributed by atoms with Crippen molar-refractivity contribution in [3.63, 3.8) is 0 Å². The van der Waals surface area contributed by atoms with Gasteiger partial charge in [-0.05, 0) is 53.9 Å². The number of nitrogens with one attached hydrogen (secondary N) is 2. The van der Waals surface area contributed by atoms with E-state index in [4.69, 9.17) is 0 Å². The molecule has 0 saturated carbocycles. The van der Waals surface area contributed by atoms with Crippen molar-refractivity contribution < 1.29 is 18.4 Å². The first-order valence-electron chi connectivity index (χ1n) is 8.07. The van der Waals surface area contributed by atoms with Crippen LogP contribution in [0, 0.1) is 11.6 Å². The first kappa shape index (κ1) is 19.3. The average molecular weight is 406 g/mol. The van der Waals surface area contributed by atoms with E-state index in [-0.39, 0.29) is 35.0 Å². The Hall–Kier alpha value is -2.45. The predicted octanol–water partition coefficient (Wildman–Crippen LogP) is 4.17.